The molecule has 0 aliphatic carbocycles. The Morgan fingerprint density at radius 3 is 2.63 bits per heavy atom. The monoisotopic (exact) mass is 302 g/mol. The van der Waals surface area contributed by atoms with Crippen LogP contribution in [-0.4, -0.2) is 28.8 Å². The number of hydrogen-bond donors (Lipinski definition) is 2. The first-order valence-electron chi connectivity index (χ1n) is 6.18. The number of hydrogen-bond acceptors (Lipinski definition) is 3. The first-order valence-corrected chi connectivity index (χ1v) is 8.79. The summed E-state index contributed by atoms with van der Waals surface area (Å²) in [6.45, 7) is 6.71. The number of nitrogens with one attached hydrogen (secondary N) is 2. The molecule has 0 saturated heterocycles. The Labute approximate surface area is 121 Å². The van der Waals surface area contributed by atoms with Crippen LogP contribution in [0.25, 0.3) is 0 Å². The second kappa shape index (κ2) is 7.05. The lowest BCUT2D eigenvalue weighted by molar-refractivity contribution is 0.220. The van der Waals surface area contributed by atoms with Crippen molar-refractivity contribution in [3.63, 3.8) is 0 Å². The molecule has 0 radical (unpaired) electrons. The Balaban J connectivity index is 2.59. The van der Waals surface area contributed by atoms with Gasteiger partial charge in [-0.25, -0.2) is 4.79 Å². The summed E-state index contributed by atoms with van der Waals surface area (Å²) in [6, 6.07) is 3.78. The molecule has 0 aromatic carbocycles. The Kier molecular flexibility index (Phi) is 6.00. The zero-order valence-electron chi connectivity index (χ0n) is 11.9. The van der Waals surface area contributed by atoms with Crippen LogP contribution in [0.2, 0.25) is 0 Å². The highest BCUT2D eigenvalue weighted by Crippen LogP contribution is 2.34. The molecule has 0 aliphatic rings. The maximum absolute atomic E-state index is 11.9. The fourth-order valence-electron chi connectivity index (χ4n) is 1.66. The third kappa shape index (κ3) is 5.74. The molecule has 2 atom stereocenters. The van der Waals surface area contributed by atoms with E-state index in [1.165, 1.54) is 0 Å². The van der Waals surface area contributed by atoms with Gasteiger partial charge in [0.05, 0.1) is 6.04 Å². The number of carbonyl (C=O) groups is 1. The van der Waals surface area contributed by atoms with Crippen molar-refractivity contribution in [2.75, 3.05) is 18.6 Å². The highest BCUT2D eigenvalue weighted by Gasteiger charge is 2.28. The second-order valence-corrected chi connectivity index (χ2v) is 8.03. The Morgan fingerprint density at radius 1 is 1.47 bits per heavy atom. The van der Waals surface area contributed by atoms with E-state index in [0.29, 0.717) is 12.3 Å². The topological polar surface area (TPSA) is 58.2 Å². The van der Waals surface area contributed by atoms with E-state index in [1.807, 2.05) is 17.5 Å². The molecule has 4 nitrogen and oxygen atoms in total. The van der Waals surface area contributed by atoms with Crippen molar-refractivity contribution in [3.05, 3.63) is 22.4 Å². The van der Waals surface area contributed by atoms with Gasteiger partial charge < -0.3 is 10.6 Å². The first-order chi connectivity index (χ1) is 8.80. The van der Waals surface area contributed by atoms with Crippen LogP contribution in [0.15, 0.2) is 17.5 Å². The van der Waals surface area contributed by atoms with Gasteiger partial charge in [0.25, 0.3) is 0 Å². The normalized spacial score (nSPS) is 14.7. The van der Waals surface area contributed by atoms with Gasteiger partial charge in [-0.3, -0.25) is 4.21 Å². The molecular weight excluding hydrogens is 280 g/mol. The molecule has 2 amide bonds. The van der Waals surface area contributed by atoms with Crippen LogP contribution in [0.3, 0.4) is 0 Å². The SMILES string of the molecule is C[S@@](=O)CCNC(=O)N[C@@H](c1cccs1)C(C)(C)C. The zero-order valence-corrected chi connectivity index (χ0v) is 13.5. The molecule has 0 fully saturated rings. The second-order valence-electron chi connectivity index (χ2n) is 5.49. The summed E-state index contributed by atoms with van der Waals surface area (Å²) in [5.41, 5.74) is -0.0598. The van der Waals surface area contributed by atoms with Gasteiger partial charge in [-0.05, 0) is 16.9 Å². The van der Waals surface area contributed by atoms with E-state index in [4.69, 9.17) is 0 Å². The van der Waals surface area contributed by atoms with Gasteiger partial charge >= 0.3 is 6.03 Å². The zero-order chi connectivity index (χ0) is 14.5. The molecule has 1 rings (SSSR count). The van der Waals surface area contributed by atoms with Gasteiger partial charge in [-0.15, -0.1) is 11.3 Å². The van der Waals surface area contributed by atoms with Gasteiger partial charge in [-0.2, -0.15) is 0 Å². The standard InChI is InChI=1S/C13H22N2O2S2/c1-13(2,3)11(10-6-5-8-18-10)15-12(16)14-7-9-19(4)17/h5-6,8,11H,7,9H2,1-4H3,(H2,14,15,16)/t11-,19+/m0/s1. The van der Waals surface area contributed by atoms with Crippen molar-refractivity contribution >= 4 is 28.2 Å². The summed E-state index contributed by atoms with van der Waals surface area (Å²) < 4.78 is 10.9. The number of rotatable bonds is 5. The summed E-state index contributed by atoms with van der Waals surface area (Å²) in [5.74, 6) is 0.479. The Hall–Kier alpha value is -0.880. The largest absolute Gasteiger partial charge is 0.337 e. The van der Waals surface area contributed by atoms with Crippen LogP contribution in [0.4, 0.5) is 4.79 Å². The van der Waals surface area contributed by atoms with Crippen molar-refractivity contribution in [3.8, 4) is 0 Å². The average Bonchev–Trinajstić information content (AvgIpc) is 2.76. The third-order valence-corrected chi connectivity index (χ3v) is 4.36. The van der Waals surface area contributed by atoms with Crippen LogP contribution < -0.4 is 10.6 Å². The Bertz CT molecular complexity index is 424. The molecule has 1 aromatic heterocycles. The minimum atomic E-state index is -0.882. The van der Waals surface area contributed by atoms with Crippen LogP contribution in [0.1, 0.15) is 31.7 Å². The molecule has 108 valence electrons. The highest BCUT2D eigenvalue weighted by molar-refractivity contribution is 7.84. The number of amides is 2. The summed E-state index contributed by atoms with van der Waals surface area (Å²) in [4.78, 5) is 13.0. The summed E-state index contributed by atoms with van der Waals surface area (Å²) >= 11 is 1.64. The van der Waals surface area contributed by atoms with Gasteiger partial charge in [-0.1, -0.05) is 26.8 Å². The minimum Gasteiger partial charge on any atom is -0.337 e. The van der Waals surface area contributed by atoms with E-state index in [-0.39, 0.29) is 17.5 Å². The Morgan fingerprint density at radius 2 is 2.16 bits per heavy atom. The van der Waals surface area contributed by atoms with Crippen molar-refractivity contribution in [1.29, 1.82) is 0 Å². The molecule has 0 bridgehead atoms. The molecule has 6 heteroatoms. The van der Waals surface area contributed by atoms with Gasteiger partial charge in [0.15, 0.2) is 0 Å². The van der Waals surface area contributed by atoms with E-state index < -0.39 is 10.8 Å². The maximum atomic E-state index is 11.9. The average molecular weight is 302 g/mol. The van der Waals surface area contributed by atoms with Crippen molar-refractivity contribution in [2.24, 2.45) is 5.41 Å². The molecule has 19 heavy (non-hydrogen) atoms. The minimum absolute atomic E-state index is 0.0281. The van der Waals surface area contributed by atoms with Crippen LogP contribution in [0, 0.1) is 5.41 Å². The first kappa shape index (κ1) is 16.2. The molecule has 0 aliphatic heterocycles. The van der Waals surface area contributed by atoms with E-state index in [1.54, 1.807) is 17.6 Å². The predicted octanol–water partition coefficient (Wildman–Crippen LogP) is 2.51. The van der Waals surface area contributed by atoms with Gasteiger partial charge in [0.2, 0.25) is 0 Å². The summed E-state index contributed by atoms with van der Waals surface area (Å²) in [5, 5.41) is 7.74. The predicted molar refractivity (Wildman–Crippen MR) is 82.0 cm³/mol. The molecule has 1 heterocycles. The molecule has 0 saturated carbocycles. The molecular formula is C13H22N2O2S2. The number of urea groups is 1. The quantitative estimate of drug-likeness (QED) is 0.878. The molecule has 2 N–H and O–H groups in total. The fourth-order valence-corrected chi connectivity index (χ4v) is 3.07. The number of carbonyl (C=O) groups excluding carboxylic acids is 1. The lowest BCUT2D eigenvalue weighted by atomic mass is 9.86. The van der Waals surface area contributed by atoms with E-state index in [9.17, 15) is 9.00 Å². The van der Waals surface area contributed by atoms with Crippen molar-refractivity contribution in [1.82, 2.24) is 10.6 Å². The summed E-state index contributed by atoms with van der Waals surface area (Å²) in [6.07, 6.45) is 1.63. The van der Waals surface area contributed by atoms with Crippen LogP contribution in [-0.2, 0) is 10.8 Å². The maximum Gasteiger partial charge on any atom is 0.315 e. The van der Waals surface area contributed by atoms with Crippen molar-refractivity contribution in [2.45, 2.75) is 26.8 Å². The van der Waals surface area contributed by atoms with Crippen molar-refractivity contribution < 1.29 is 9.00 Å². The molecule has 0 spiro atoms. The lowest BCUT2D eigenvalue weighted by Crippen LogP contribution is -2.43. The van der Waals surface area contributed by atoms with Gasteiger partial charge in [0.1, 0.15) is 0 Å². The lowest BCUT2D eigenvalue weighted by Gasteiger charge is -2.30. The van der Waals surface area contributed by atoms with E-state index in [2.05, 4.69) is 31.4 Å². The number of thiophene rings is 1. The smallest absolute Gasteiger partial charge is 0.315 e. The third-order valence-electron chi connectivity index (χ3n) is 2.64. The molecule has 1 aromatic rings. The van der Waals surface area contributed by atoms with E-state index in [0.717, 1.165) is 4.88 Å². The van der Waals surface area contributed by atoms with Gasteiger partial charge in [0, 0.05) is 34.2 Å². The van der Waals surface area contributed by atoms with Crippen LogP contribution in [0.5, 0.6) is 0 Å². The fraction of sp³-hybridized carbons (Fsp3) is 0.615. The van der Waals surface area contributed by atoms with E-state index >= 15 is 0 Å². The molecule has 0 unspecified atom stereocenters. The summed E-state index contributed by atoms with van der Waals surface area (Å²) in [7, 11) is -0.882. The van der Waals surface area contributed by atoms with Crippen LogP contribution >= 0.6 is 11.3 Å². The highest BCUT2D eigenvalue weighted by atomic mass is 32.2.